The molecule has 20 heavy (non-hydrogen) atoms. The number of nitrogens with one attached hydrogen (secondary N) is 1. The van der Waals surface area contributed by atoms with Crippen LogP contribution >= 0.6 is 12.2 Å². The van der Waals surface area contributed by atoms with Gasteiger partial charge in [-0.25, -0.2) is 4.98 Å². The van der Waals surface area contributed by atoms with Crippen molar-refractivity contribution in [3.05, 3.63) is 27.4 Å². The minimum absolute atomic E-state index is 0.0230. The number of aryl methyl sites for hydroxylation is 2. The first-order valence-electron chi connectivity index (χ1n) is 7.48. The lowest BCUT2D eigenvalue weighted by molar-refractivity contribution is 0.520. The van der Waals surface area contributed by atoms with Crippen LogP contribution in [0.4, 0.5) is 0 Å². The fraction of sp³-hybridized carbons (Fsp3) is 0.667. The van der Waals surface area contributed by atoms with Crippen LogP contribution in [0.2, 0.25) is 0 Å². The lowest BCUT2D eigenvalue weighted by atomic mass is 10.1. The third kappa shape index (κ3) is 3.66. The van der Waals surface area contributed by atoms with Crippen LogP contribution in [0.1, 0.15) is 49.7 Å². The zero-order valence-corrected chi connectivity index (χ0v) is 13.2. The smallest absolute Gasteiger partial charge is 0.254 e. The summed E-state index contributed by atoms with van der Waals surface area (Å²) in [5.41, 5.74) is 1.52. The highest BCUT2D eigenvalue weighted by Gasteiger charge is 2.17. The van der Waals surface area contributed by atoms with Crippen LogP contribution in [-0.4, -0.2) is 32.9 Å². The Morgan fingerprint density at radius 3 is 2.70 bits per heavy atom. The number of unbranched alkanes of at least 4 members (excludes halogenated alkanes) is 1. The Balaban J connectivity index is 2.11. The van der Waals surface area contributed by atoms with Crippen LogP contribution < -0.4 is 5.56 Å². The lowest BCUT2D eigenvalue weighted by Gasteiger charge is -2.18. The van der Waals surface area contributed by atoms with Gasteiger partial charge in [-0.2, -0.15) is 0 Å². The predicted octanol–water partition coefficient (Wildman–Crippen LogP) is 2.39. The van der Waals surface area contributed by atoms with E-state index in [9.17, 15) is 4.79 Å². The average molecular weight is 293 g/mol. The van der Waals surface area contributed by atoms with Crippen molar-refractivity contribution in [3.8, 4) is 0 Å². The molecule has 110 valence electrons. The summed E-state index contributed by atoms with van der Waals surface area (Å²) in [5.74, 6) is 0.796. The Bertz CT molecular complexity index is 532. The summed E-state index contributed by atoms with van der Waals surface area (Å²) < 4.78 is 0. The van der Waals surface area contributed by atoms with Gasteiger partial charge in [0.05, 0.1) is 4.99 Å². The Morgan fingerprint density at radius 2 is 2.10 bits per heavy atom. The van der Waals surface area contributed by atoms with E-state index in [1.54, 1.807) is 0 Å². The van der Waals surface area contributed by atoms with Gasteiger partial charge in [-0.3, -0.25) is 4.79 Å². The molecule has 1 aromatic heterocycles. The second-order valence-corrected chi connectivity index (χ2v) is 5.92. The van der Waals surface area contributed by atoms with Crippen LogP contribution in [-0.2, 0) is 12.8 Å². The normalized spacial score (nSPS) is 14.8. The third-order valence-electron chi connectivity index (χ3n) is 3.83. The van der Waals surface area contributed by atoms with Gasteiger partial charge in [0, 0.05) is 37.2 Å². The third-order valence-corrected chi connectivity index (χ3v) is 4.23. The minimum atomic E-state index is -0.0230. The van der Waals surface area contributed by atoms with Gasteiger partial charge in [-0.05, 0) is 26.2 Å². The summed E-state index contributed by atoms with van der Waals surface area (Å²) in [5, 5.41) is 0. The van der Waals surface area contributed by atoms with Gasteiger partial charge in [0.2, 0.25) is 0 Å². The van der Waals surface area contributed by atoms with Crippen molar-refractivity contribution in [2.75, 3.05) is 13.1 Å². The number of thiocarbonyl (C=S) groups is 1. The highest BCUT2D eigenvalue weighted by atomic mass is 32.1. The van der Waals surface area contributed by atoms with Gasteiger partial charge in [0.15, 0.2) is 0 Å². The van der Waals surface area contributed by atoms with E-state index in [1.165, 1.54) is 12.8 Å². The first kappa shape index (κ1) is 15.2. The molecule has 1 saturated heterocycles. The van der Waals surface area contributed by atoms with E-state index in [2.05, 4.69) is 21.8 Å². The van der Waals surface area contributed by atoms with Crippen molar-refractivity contribution >= 4 is 17.2 Å². The fourth-order valence-corrected chi connectivity index (χ4v) is 2.90. The van der Waals surface area contributed by atoms with Crippen LogP contribution in [0.15, 0.2) is 4.79 Å². The van der Waals surface area contributed by atoms with Crippen molar-refractivity contribution in [1.82, 2.24) is 14.9 Å². The van der Waals surface area contributed by atoms with Crippen LogP contribution in [0, 0.1) is 6.92 Å². The highest BCUT2D eigenvalue weighted by molar-refractivity contribution is 7.80. The van der Waals surface area contributed by atoms with E-state index in [0.717, 1.165) is 54.4 Å². The maximum absolute atomic E-state index is 12.2. The number of H-pyrrole nitrogens is 1. The van der Waals surface area contributed by atoms with Crippen molar-refractivity contribution in [1.29, 1.82) is 0 Å². The van der Waals surface area contributed by atoms with E-state index < -0.39 is 0 Å². The van der Waals surface area contributed by atoms with Crippen LogP contribution in [0.3, 0.4) is 0 Å². The highest BCUT2D eigenvalue weighted by Crippen LogP contribution is 2.12. The summed E-state index contributed by atoms with van der Waals surface area (Å²) in [4.78, 5) is 22.7. The summed E-state index contributed by atoms with van der Waals surface area (Å²) in [6.45, 7) is 6.09. The molecule has 0 bridgehead atoms. The molecule has 1 aliphatic rings. The van der Waals surface area contributed by atoms with Gasteiger partial charge in [0.25, 0.3) is 5.56 Å². The van der Waals surface area contributed by atoms with E-state index in [0.29, 0.717) is 6.42 Å². The summed E-state index contributed by atoms with van der Waals surface area (Å²) in [6, 6.07) is 0. The van der Waals surface area contributed by atoms with Gasteiger partial charge in [0.1, 0.15) is 5.82 Å². The molecule has 0 aliphatic carbocycles. The summed E-state index contributed by atoms with van der Waals surface area (Å²) in [6.07, 6.45) is 5.92. The zero-order chi connectivity index (χ0) is 14.5. The molecule has 5 heteroatoms. The fourth-order valence-electron chi connectivity index (χ4n) is 2.57. The standard InChI is InChI=1S/C15H23N3OS/c1-3-4-7-13-16-11(2)12(15(19)17-13)10-14(20)18-8-5-6-9-18/h3-10H2,1-2H3,(H,16,17,19). The molecule has 1 aliphatic heterocycles. The molecule has 0 saturated carbocycles. The first-order valence-corrected chi connectivity index (χ1v) is 7.89. The van der Waals surface area contributed by atoms with E-state index >= 15 is 0 Å². The average Bonchev–Trinajstić information content (AvgIpc) is 2.94. The molecule has 2 heterocycles. The van der Waals surface area contributed by atoms with E-state index in [-0.39, 0.29) is 5.56 Å². The van der Waals surface area contributed by atoms with E-state index in [1.807, 2.05) is 6.92 Å². The maximum Gasteiger partial charge on any atom is 0.254 e. The molecule has 0 unspecified atom stereocenters. The maximum atomic E-state index is 12.2. The lowest BCUT2D eigenvalue weighted by Crippen LogP contribution is -2.30. The molecule has 0 aromatic carbocycles. The van der Waals surface area contributed by atoms with Crippen LogP contribution in [0.25, 0.3) is 0 Å². The number of nitrogens with zero attached hydrogens (tertiary/aromatic N) is 2. The Labute approximate surface area is 125 Å². The Kier molecular flexibility index (Phi) is 5.29. The van der Waals surface area contributed by atoms with Crippen LogP contribution in [0.5, 0.6) is 0 Å². The number of aromatic amines is 1. The van der Waals surface area contributed by atoms with Gasteiger partial charge < -0.3 is 9.88 Å². The second kappa shape index (κ2) is 6.97. The quantitative estimate of drug-likeness (QED) is 0.847. The topological polar surface area (TPSA) is 49.0 Å². The SMILES string of the molecule is CCCCc1nc(C)c(CC(=S)N2CCCC2)c(=O)[nH]1. The molecular weight excluding hydrogens is 270 g/mol. The number of aromatic nitrogens is 2. The Morgan fingerprint density at radius 1 is 1.40 bits per heavy atom. The predicted molar refractivity (Wildman–Crippen MR) is 85.3 cm³/mol. The second-order valence-electron chi connectivity index (χ2n) is 5.44. The van der Waals surface area contributed by atoms with Gasteiger partial charge >= 0.3 is 0 Å². The number of rotatable bonds is 5. The molecule has 1 N–H and O–H groups in total. The van der Waals surface area contributed by atoms with Gasteiger partial charge in [-0.15, -0.1) is 0 Å². The van der Waals surface area contributed by atoms with Crippen molar-refractivity contribution in [2.45, 2.75) is 52.4 Å². The Hall–Kier alpha value is -1.23. The number of hydrogen-bond acceptors (Lipinski definition) is 3. The van der Waals surface area contributed by atoms with E-state index in [4.69, 9.17) is 12.2 Å². The van der Waals surface area contributed by atoms with Crippen molar-refractivity contribution < 1.29 is 0 Å². The van der Waals surface area contributed by atoms with Crippen molar-refractivity contribution in [2.24, 2.45) is 0 Å². The number of hydrogen-bond donors (Lipinski definition) is 1. The largest absolute Gasteiger partial charge is 0.366 e. The molecule has 1 fully saturated rings. The summed E-state index contributed by atoms with van der Waals surface area (Å²) in [7, 11) is 0. The molecule has 0 radical (unpaired) electrons. The molecule has 0 amide bonds. The molecule has 0 spiro atoms. The first-order chi connectivity index (χ1) is 9.61. The molecule has 2 rings (SSSR count). The van der Waals surface area contributed by atoms with Gasteiger partial charge in [-0.1, -0.05) is 25.6 Å². The molecular formula is C15H23N3OS. The van der Waals surface area contributed by atoms with Crippen molar-refractivity contribution in [3.63, 3.8) is 0 Å². The molecule has 1 aromatic rings. The summed E-state index contributed by atoms with van der Waals surface area (Å²) >= 11 is 5.46. The molecule has 4 nitrogen and oxygen atoms in total. The number of likely N-dealkylation sites (tertiary alicyclic amines) is 1. The zero-order valence-electron chi connectivity index (χ0n) is 12.4. The minimum Gasteiger partial charge on any atom is -0.366 e. The molecule has 0 atom stereocenters. The monoisotopic (exact) mass is 293 g/mol.